The fourth-order valence-electron chi connectivity index (χ4n) is 1.12. The third-order valence-corrected chi connectivity index (χ3v) is 1.57. The van der Waals surface area contributed by atoms with E-state index in [-0.39, 0.29) is 5.92 Å². The van der Waals surface area contributed by atoms with Gasteiger partial charge in [-0.05, 0) is 12.8 Å². The maximum absolute atomic E-state index is 10.6. The Morgan fingerprint density at radius 2 is 1.80 bits per heavy atom. The van der Waals surface area contributed by atoms with Gasteiger partial charge in [0.1, 0.15) is 0 Å². The number of carbonyl (C=O) groups excluding carboxylic acids is 1. The summed E-state index contributed by atoms with van der Waals surface area (Å²) in [6.07, 6.45) is -0.641. The lowest BCUT2D eigenvalue weighted by atomic mass is 9.91. The summed E-state index contributed by atoms with van der Waals surface area (Å²) in [6, 6.07) is 0. The summed E-state index contributed by atoms with van der Waals surface area (Å²) in [5.74, 6) is -0.734. The summed E-state index contributed by atoms with van der Waals surface area (Å²) >= 11 is 0. The average Bonchev–Trinajstić information content (AvgIpc) is 1.59. The van der Waals surface area contributed by atoms with Crippen LogP contribution >= 0.6 is 0 Å². The molecule has 0 aromatic heterocycles. The van der Waals surface area contributed by atoms with Crippen molar-refractivity contribution >= 4 is 5.91 Å². The molecule has 0 aromatic carbocycles. The summed E-state index contributed by atoms with van der Waals surface area (Å²) in [4.78, 5) is 10.6. The third-order valence-electron chi connectivity index (χ3n) is 1.57. The molecule has 0 fully saturated rings. The number of nitrogens with two attached hydrogens (primary N) is 1. The van der Waals surface area contributed by atoms with Crippen LogP contribution in [0.5, 0.6) is 0 Å². The highest BCUT2D eigenvalue weighted by molar-refractivity contribution is 5.77. The number of hydrogen-bond donors (Lipinski definition) is 2. The minimum Gasteiger partial charge on any atom is -0.393 e. The molecule has 1 amide bonds. The molecule has 0 saturated carbocycles. The molecule has 3 N–H and O–H groups in total. The van der Waals surface area contributed by atoms with E-state index in [1.165, 1.54) is 0 Å². The fraction of sp³-hybridized carbons (Fsp3) is 0.857. The van der Waals surface area contributed by atoms with Gasteiger partial charge in [0, 0.05) is 0 Å². The Morgan fingerprint density at radius 1 is 1.40 bits per heavy atom. The number of amides is 1. The average molecular weight is 145 g/mol. The van der Waals surface area contributed by atoms with E-state index in [1.54, 1.807) is 6.92 Å². The van der Waals surface area contributed by atoms with Gasteiger partial charge in [0.15, 0.2) is 0 Å². The molecule has 0 saturated heterocycles. The van der Waals surface area contributed by atoms with Crippen molar-refractivity contribution in [1.29, 1.82) is 0 Å². The zero-order valence-corrected chi connectivity index (χ0v) is 6.66. The van der Waals surface area contributed by atoms with Gasteiger partial charge >= 0.3 is 0 Å². The predicted molar refractivity (Wildman–Crippen MR) is 39.2 cm³/mol. The minimum absolute atomic E-state index is 0.109. The van der Waals surface area contributed by atoms with E-state index >= 15 is 0 Å². The van der Waals surface area contributed by atoms with Crippen LogP contribution in [0.2, 0.25) is 0 Å². The summed E-state index contributed by atoms with van der Waals surface area (Å²) < 4.78 is 0. The van der Waals surface area contributed by atoms with E-state index in [2.05, 4.69) is 0 Å². The van der Waals surface area contributed by atoms with Gasteiger partial charge < -0.3 is 10.8 Å². The number of primary amides is 1. The lowest BCUT2D eigenvalue weighted by Gasteiger charge is -2.19. The summed E-state index contributed by atoms with van der Waals surface area (Å²) in [7, 11) is 0. The Kier molecular flexibility index (Phi) is 3.36. The van der Waals surface area contributed by atoms with Crippen LogP contribution in [0.1, 0.15) is 20.8 Å². The quantitative estimate of drug-likeness (QED) is 0.592. The molecule has 0 heterocycles. The van der Waals surface area contributed by atoms with Crippen LogP contribution < -0.4 is 5.73 Å². The van der Waals surface area contributed by atoms with Crippen molar-refractivity contribution in [3.8, 4) is 0 Å². The van der Waals surface area contributed by atoms with Crippen molar-refractivity contribution in [1.82, 2.24) is 0 Å². The summed E-state index contributed by atoms with van der Waals surface area (Å²) in [5, 5.41) is 9.05. The number of carbonyl (C=O) groups is 1. The van der Waals surface area contributed by atoms with E-state index in [0.29, 0.717) is 0 Å². The van der Waals surface area contributed by atoms with Crippen LogP contribution in [0.15, 0.2) is 0 Å². The zero-order chi connectivity index (χ0) is 8.31. The van der Waals surface area contributed by atoms with E-state index in [4.69, 9.17) is 10.8 Å². The minimum atomic E-state index is -0.641. The SMILES string of the molecule is CC(C)[C@@H](C(N)=O)[C@H](C)O. The van der Waals surface area contributed by atoms with E-state index in [9.17, 15) is 4.79 Å². The van der Waals surface area contributed by atoms with E-state index in [0.717, 1.165) is 0 Å². The molecule has 3 nitrogen and oxygen atoms in total. The number of aliphatic hydroxyl groups excluding tert-OH is 1. The molecule has 0 aliphatic carbocycles. The Labute approximate surface area is 61.2 Å². The molecule has 0 aliphatic heterocycles. The second-order valence-electron chi connectivity index (χ2n) is 2.91. The van der Waals surface area contributed by atoms with E-state index < -0.39 is 17.9 Å². The molecule has 0 bridgehead atoms. The standard InChI is InChI=1S/C7H15NO2/c1-4(2)6(5(3)9)7(8)10/h4-6,9H,1-3H3,(H2,8,10)/t5-,6+/m0/s1. The van der Waals surface area contributed by atoms with Crippen LogP contribution in [0.3, 0.4) is 0 Å². The first kappa shape index (κ1) is 9.43. The van der Waals surface area contributed by atoms with Crippen molar-refractivity contribution < 1.29 is 9.90 Å². The molecule has 0 aromatic rings. The van der Waals surface area contributed by atoms with Crippen LogP contribution in [-0.4, -0.2) is 17.1 Å². The molecule has 0 rings (SSSR count). The highest BCUT2D eigenvalue weighted by Gasteiger charge is 2.23. The lowest BCUT2D eigenvalue weighted by Crippen LogP contribution is -2.35. The molecule has 0 radical (unpaired) electrons. The Balaban J connectivity index is 4.12. The van der Waals surface area contributed by atoms with Gasteiger partial charge in [-0.1, -0.05) is 13.8 Å². The van der Waals surface area contributed by atoms with Crippen LogP contribution in [0.4, 0.5) is 0 Å². The molecule has 2 atom stereocenters. The smallest absolute Gasteiger partial charge is 0.223 e. The first-order valence-corrected chi connectivity index (χ1v) is 3.44. The van der Waals surface area contributed by atoms with Gasteiger partial charge in [-0.15, -0.1) is 0 Å². The summed E-state index contributed by atoms with van der Waals surface area (Å²) in [6.45, 7) is 5.31. The largest absolute Gasteiger partial charge is 0.393 e. The maximum Gasteiger partial charge on any atom is 0.223 e. The van der Waals surface area contributed by atoms with Gasteiger partial charge in [-0.3, -0.25) is 4.79 Å². The van der Waals surface area contributed by atoms with Gasteiger partial charge in [0.05, 0.1) is 12.0 Å². The van der Waals surface area contributed by atoms with E-state index in [1.807, 2.05) is 13.8 Å². The first-order chi connectivity index (χ1) is 4.46. The second kappa shape index (κ2) is 3.56. The van der Waals surface area contributed by atoms with Crippen LogP contribution in [-0.2, 0) is 4.79 Å². The molecule has 60 valence electrons. The Bertz CT molecular complexity index is 113. The molecule has 0 unspecified atom stereocenters. The van der Waals surface area contributed by atoms with Crippen molar-refractivity contribution in [2.24, 2.45) is 17.6 Å². The van der Waals surface area contributed by atoms with Gasteiger partial charge in [-0.2, -0.15) is 0 Å². The second-order valence-corrected chi connectivity index (χ2v) is 2.91. The van der Waals surface area contributed by atoms with Crippen LogP contribution in [0, 0.1) is 11.8 Å². The maximum atomic E-state index is 10.6. The lowest BCUT2D eigenvalue weighted by molar-refractivity contribution is -0.126. The van der Waals surface area contributed by atoms with Crippen LogP contribution in [0.25, 0.3) is 0 Å². The fourth-order valence-corrected chi connectivity index (χ4v) is 1.12. The first-order valence-electron chi connectivity index (χ1n) is 3.44. The highest BCUT2D eigenvalue weighted by atomic mass is 16.3. The topological polar surface area (TPSA) is 63.3 Å². The zero-order valence-electron chi connectivity index (χ0n) is 6.66. The molecular formula is C7H15NO2. The normalized spacial score (nSPS) is 16.9. The molecule has 0 spiro atoms. The van der Waals surface area contributed by atoms with Crippen molar-refractivity contribution in [2.75, 3.05) is 0 Å². The van der Waals surface area contributed by atoms with Gasteiger partial charge in [-0.25, -0.2) is 0 Å². The van der Waals surface area contributed by atoms with Gasteiger partial charge in [0.25, 0.3) is 0 Å². The Morgan fingerprint density at radius 3 is 1.80 bits per heavy atom. The molecular weight excluding hydrogens is 130 g/mol. The Hall–Kier alpha value is -0.570. The predicted octanol–water partition coefficient (Wildman–Crippen LogP) is 0.125. The summed E-state index contributed by atoms with van der Waals surface area (Å²) in [5.41, 5.74) is 5.04. The van der Waals surface area contributed by atoms with Crippen molar-refractivity contribution in [3.05, 3.63) is 0 Å². The number of aliphatic hydroxyl groups is 1. The number of rotatable bonds is 3. The third kappa shape index (κ3) is 2.35. The molecule has 0 aliphatic rings. The molecule has 3 heteroatoms. The monoisotopic (exact) mass is 145 g/mol. The van der Waals surface area contributed by atoms with Crippen molar-refractivity contribution in [3.63, 3.8) is 0 Å². The highest BCUT2D eigenvalue weighted by Crippen LogP contribution is 2.13. The molecule has 10 heavy (non-hydrogen) atoms. The number of hydrogen-bond acceptors (Lipinski definition) is 2. The van der Waals surface area contributed by atoms with Gasteiger partial charge in [0.2, 0.25) is 5.91 Å². The van der Waals surface area contributed by atoms with Crippen molar-refractivity contribution in [2.45, 2.75) is 26.9 Å².